The highest BCUT2D eigenvalue weighted by Crippen LogP contribution is 2.40. The maximum Gasteiger partial charge on any atom is 0.225 e. The summed E-state index contributed by atoms with van der Waals surface area (Å²) in [5, 5.41) is 5.61. The van der Waals surface area contributed by atoms with Gasteiger partial charge in [0.25, 0.3) is 0 Å². The number of methoxy groups -OCH3 is 1. The van der Waals surface area contributed by atoms with Gasteiger partial charge in [-0.1, -0.05) is 6.07 Å². The molecule has 0 unspecified atom stereocenters. The molecule has 0 amide bonds. The summed E-state index contributed by atoms with van der Waals surface area (Å²) in [4.78, 5) is 13.2. The number of benzene rings is 2. The van der Waals surface area contributed by atoms with Crippen molar-refractivity contribution in [2.75, 3.05) is 12.4 Å². The van der Waals surface area contributed by atoms with Crippen LogP contribution in [-0.2, 0) is 0 Å². The number of hydrogen-bond acceptors (Lipinski definition) is 5. The van der Waals surface area contributed by atoms with Gasteiger partial charge in [0.1, 0.15) is 22.9 Å². The van der Waals surface area contributed by atoms with E-state index in [1.54, 1.807) is 19.2 Å². The van der Waals surface area contributed by atoms with Gasteiger partial charge < -0.3 is 10.1 Å². The third-order valence-corrected chi connectivity index (χ3v) is 7.15. The second-order valence-corrected chi connectivity index (χ2v) is 9.60. The maximum absolute atomic E-state index is 13.9. The second-order valence-electron chi connectivity index (χ2n) is 9.26. The predicted octanol–water partition coefficient (Wildman–Crippen LogP) is 7.14. The monoisotopic (exact) mass is 478 g/mol. The summed E-state index contributed by atoms with van der Waals surface area (Å²) in [5.74, 6) is 2.29. The second kappa shape index (κ2) is 9.71. The van der Waals surface area contributed by atoms with Gasteiger partial charge in [-0.15, -0.1) is 0 Å². The minimum Gasteiger partial charge on any atom is -0.494 e. The Morgan fingerprint density at radius 3 is 2.71 bits per heavy atom. The lowest BCUT2D eigenvalue weighted by Gasteiger charge is -2.31. The molecule has 0 aliphatic heterocycles. The molecule has 1 N–H and O–H groups in total. The number of hydrogen-bond donors (Lipinski definition) is 1. The minimum absolute atomic E-state index is 0.202. The van der Waals surface area contributed by atoms with Crippen molar-refractivity contribution in [3.63, 3.8) is 0 Å². The molecule has 5 nitrogen and oxygen atoms in total. The Balaban J connectivity index is 1.25. The average Bonchev–Trinajstić information content (AvgIpc) is 2.83. The lowest BCUT2D eigenvalue weighted by Crippen LogP contribution is -2.23. The lowest BCUT2D eigenvalue weighted by atomic mass is 9.76. The topological polar surface area (TPSA) is 59.9 Å². The average molecular weight is 479 g/mol. The van der Waals surface area contributed by atoms with Gasteiger partial charge in [-0.2, -0.15) is 0 Å². The van der Waals surface area contributed by atoms with Crippen LogP contribution >= 0.6 is 11.6 Å². The van der Waals surface area contributed by atoms with Gasteiger partial charge in [-0.3, -0.25) is 4.98 Å². The molecule has 7 heteroatoms. The van der Waals surface area contributed by atoms with Crippen LogP contribution in [0.1, 0.15) is 50.5 Å². The van der Waals surface area contributed by atoms with Gasteiger partial charge in [0.15, 0.2) is 0 Å². The van der Waals surface area contributed by atoms with Gasteiger partial charge in [0.05, 0.1) is 12.6 Å². The van der Waals surface area contributed by atoms with Crippen molar-refractivity contribution in [3.8, 4) is 5.75 Å². The smallest absolute Gasteiger partial charge is 0.225 e. The standard InChI is InChI=1S/C27H28ClFN4O/c1-16(31-26-21-4-3-5-24(34-2)25(21)32-27(28)33-26)14-17-6-8-18(9-7-17)20-12-13-30-23-11-10-19(29)15-22(20)23/h3-5,10-13,15-18H,6-9,14H2,1-2H3,(H,31,32,33)/t16-,17-,18-/m1/s1. The van der Waals surface area contributed by atoms with Gasteiger partial charge in [-0.25, -0.2) is 14.4 Å². The Labute approximate surface area is 203 Å². The fourth-order valence-electron chi connectivity index (χ4n) is 5.37. The first-order valence-corrected chi connectivity index (χ1v) is 12.2. The highest BCUT2D eigenvalue weighted by Gasteiger charge is 2.25. The van der Waals surface area contributed by atoms with Crippen LogP contribution in [0.5, 0.6) is 5.75 Å². The number of ether oxygens (including phenoxy) is 1. The summed E-state index contributed by atoms with van der Waals surface area (Å²) in [7, 11) is 1.63. The van der Waals surface area contributed by atoms with Crippen LogP contribution in [0.25, 0.3) is 21.8 Å². The molecule has 34 heavy (non-hydrogen) atoms. The SMILES string of the molecule is COc1cccc2c(N[C@H](C)C[C@H]3CC[C@H](c4ccnc5ccc(F)cc54)CC3)nc(Cl)nc12. The summed E-state index contributed by atoms with van der Waals surface area (Å²) in [6.45, 7) is 2.19. The Morgan fingerprint density at radius 2 is 1.91 bits per heavy atom. The molecule has 0 saturated heterocycles. The molecule has 2 aromatic carbocycles. The van der Waals surface area contributed by atoms with E-state index in [2.05, 4.69) is 33.3 Å². The number of para-hydroxylation sites is 1. The number of pyridine rings is 1. The molecule has 0 spiro atoms. The van der Waals surface area contributed by atoms with E-state index in [1.807, 2.05) is 24.4 Å². The molecule has 176 valence electrons. The van der Waals surface area contributed by atoms with Crippen LogP contribution in [0.4, 0.5) is 10.2 Å². The Hall–Kier alpha value is -2.99. The van der Waals surface area contributed by atoms with Crippen molar-refractivity contribution < 1.29 is 9.13 Å². The number of aromatic nitrogens is 3. The highest BCUT2D eigenvalue weighted by atomic mass is 35.5. The first kappa shape index (κ1) is 22.8. The van der Waals surface area contributed by atoms with Gasteiger partial charge >= 0.3 is 0 Å². The number of rotatable bonds is 6. The van der Waals surface area contributed by atoms with E-state index in [-0.39, 0.29) is 17.1 Å². The van der Waals surface area contributed by atoms with Crippen molar-refractivity contribution in [3.05, 3.63) is 65.3 Å². The number of halogens is 2. The third kappa shape index (κ3) is 4.64. The summed E-state index contributed by atoms with van der Waals surface area (Å²) < 4.78 is 19.3. The van der Waals surface area contributed by atoms with Crippen LogP contribution in [0.15, 0.2) is 48.7 Å². The van der Waals surface area contributed by atoms with E-state index in [4.69, 9.17) is 16.3 Å². The number of nitrogens with one attached hydrogen (secondary N) is 1. The molecule has 1 atom stereocenters. The molecule has 0 bridgehead atoms. The molecule has 4 aromatic rings. The van der Waals surface area contributed by atoms with Crippen molar-refractivity contribution in [2.24, 2.45) is 5.92 Å². The Kier molecular flexibility index (Phi) is 6.50. The van der Waals surface area contributed by atoms with Crippen molar-refractivity contribution in [1.29, 1.82) is 0 Å². The quantitative estimate of drug-likeness (QED) is 0.298. The van der Waals surface area contributed by atoms with Crippen LogP contribution in [0, 0.1) is 11.7 Å². The number of nitrogens with zero attached hydrogens (tertiary/aromatic N) is 3. The predicted molar refractivity (Wildman–Crippen MR) is 135 cm³/mol. The Morgan fingerprint density at radius 1 is 1.09 bits per heavy atom. The number of anilines is 1. The zero-order valence-corrected chi connectivity index (χ0v) is 20.1. The van der Waals surface area contributed by atoms with E-state index in [9.17, 15) is 4.39 Å². The van der Waals surface area contributed by atoms with Crippen molar-refractivity contribution in [2.45, 2.75) is 51.0 Å². The lowest BCUT2D eigenvalue weighted by molar-refractivity contribution is 0.302. The summed E-state index contributed by atoms with van der Waals surface area (Å²) in [5.41, 5.74) is 2.80. The van der Waals surface area contributed by atoms with Crippen LogP contribution in [0.2, 0.25) is 5.28 Å². The largest absolute Gasteiger partial charge is 0.494 e. The molecule has 1 aliphatic carbocycles. The fourth-order valence-corrected chi connectivity index (χ4v) is 5.54. The van der Waals surface area contributed by atoms with E-state index < -0.39 is 0 Å². The Bertz CT molecular complexity index is 1320. The van der Waals surface area contributed by atoms with Crippen LogP contribution in [0.3, 0.4) is 0 Å². The van der Waals surface area contributed by atoms with Crippen molar-refractivity contribution in [1.82, 2.24) is 15.0 Å². The van der Waals surface area contributed by atoms with Crippen LogP contribution < -0.4 is 10.1 Å². The van der Waals surface area contributed by atoms with Gasteiger partial charge in [0, 0.05) is 23.0 Å². The molecule has 5 rings (SSSR count). The van der Waals surface area contributed by atoms with E-state index in [0.717, 1.165) is 54.2 Å². The molecular formula is C27H28ClFN4O. The fraction of sp³-hybridized carbons (Fsp3) is 0.370. The summed E-state index contributed by atoms with van der Waals surface area (Å²) in [6, 6.07) is 13.0. The van der Waals surface area contributed by atoms with Crippen molar-refractivity contribution >= 4 is 39.2 Å². The van der Waals surface area contributed by atoms with Gasteiger partial charge in [0.2, 0.25) is 5.28 Å². The normalized spacial score (nSPS) is 19.3. The molecule has 1 saturated carbocycles. The molecule has 1 aliphatic rings. The third-order valence-electron chi connectivity index (χ3n) is 6.98. The van der Waals surface area contributed by atoms with Gasteiger partial charge in [-0.05, 0) is 104 Å². The molecule has 1 fully saturated rings. The van der Waals surface area contributed by atoms with E-state index >= 15 is 0 Å². The van der Waals surface area contributed by atoms with E-state index in [1.165, 1.54) is 11.6 Å². The molecular weight excluding hydrogens is 451 g/mol. The molecule has 0 radical (unpaired) electrons. The highest BCUT2D eigenvalue weighted by molar-refractivity contribution is 6.29. The van der Waals surface area contributed by atoms with Crippen LogP contribution in [-0.4, -0.2) is 28.1 Å². The first-order chi connectivity index (χ1) is 16.5. The minimum atomic E-state index is -0.203. The molecule has 2 heterocycles. The maximum atomic E-state index is 13.9. The number of fused-ring (bicyclic) bond motifs is 2. The van der Waals surface area contributed by atoms with E-state index in [0.29, 0.717) is 23.1 Å². The molecule has 2 aromatic heterocycles. The summed E-state index contributed by atoms with van der Waals surface area (Å²) in [6.07, 6.45) is 7.40. The summed E-state index contributed by atoms with van der Waals surface area (Å²) >= 11 is 6.21. The first-order valence-electron chi connectivity index (χ1n) is 11.8. The zero-order chi connectivity index (χ0) is 23.7. The zero-order valence-electron chi connectivity index (χ0n) is 19.4.